The second-order valence-electron chi connectivity index (χ2n) is 15.3. The minimum absolute atomic E-state index is 0.137. The largest absolute Gasteiger partial charge is 0.497 e. The standard InChI is InChI=1S/C37H51NO12/c1-9-38-17-34(18-43-4)24(48-19(2)39)14-25(45-6)37-23-15-36(50-20(3)40)26(46-7)16-35(42,28(31(37)38)29(47-8)30(34)37)27(23)32(36)49-33(41)21-10-12-22(44-5)13-11-21/h10-13,23-32,42H,9,14-18H2,1-8H3/t23-,24-,25+,26+,27-,28+,29+,30-,31+,32-,34+,35-,36+,37+/m1/s1. The number of hydrogen-bond donors (Lipinski definition) is 1. The first-order valence-electron chi connectivity index (χ1n) is 17.6. The first kappa shape index (κ1) is 35.6. The maximum absolute atomic E-state index is 14.0. The molecule has 13 heteroatoms. The van der Waals surface area contributed by atoms with Crippen LogP contribution in [0.25, 0.3) is 0 Å². The fourth-order valence-electron chi connectivity index (χ4n) is 12.7. The van der Waals surface area contributed by atoms with Gasteiger partial charge in [0.15, 0.2) is 11.7 Å². The van der Waals surface area contributed by atoms with Crippen LogP contribution in [0.4, 0.5) is 0 Å². The molecule has 6 fully saturated rings. The highest BCUT2D eigenvalue weighted by atomic mass is 16.6. The van der Waals surface area contributed by atoms with Crippen LogP contribution in [0.1, 0.15) is 50.4 Å². The summed E-state index contributed by atoms with van der Waals surface area (Å²) >= 11 is 0. The smallest absolute Gasteiger partial charge is 0.338 e. The molecule has 5 saturated carbocycles. The molecule has 5 aliphatic carbocycles. The number of fused-ring (bicyclic) bond motifs is 2. The van der Waals surface area contributed by atoms with Crippen molar-refractivity contribution in [3.63, 3.8) is 0 Å². The quantitative estimate of drug-likeness (QED) is 0.266. The fraction of sp³-hybridized carbons (Fsp3) is 0.757. The maximum atomic E-state index is 14.0. The third-order valence-corrected chi connectivity index (χ3v) is 13.7. The molecule has 50 heavy (non-hydrogen) atoms. The third kappa shape index (κ3) is 4.43. The molecule has 7 bridgehead atoms. The molecule has 1 saturated heterocycles. The van der Waals surface area contributed by atoms with E-state index in [0.29, 0.717) is 30.8 Å². The summed E-state index contributed by atoms with van der Waals surface area (Å²) in [6.45, 7) is 6.35. The lowest BCUT2D eigenvalue weighted by atomic mass is 9.42. The molecule has 0 aromatic heterocycles. The predicted molar refractivity (Wildman–Crippen MR) is 175 cm³/mol. The lowest BCUT2D eigenvalue weighted by Gasteiger charge is -2.70. The number of ether oxygens (including phenoxy) is 8. The van der Waals surface area contributed by atoms with E-state index in [2.05, 4.69) is 11.8 Å². The predicted octanol–water partition coefficient (Wildman–Crippen LogP) is 2.26. The molecule has 1 aliphatic heterocycles. The molecule has 0 radical (unpaired) electrons. The zero-order valence-electron chi connectivity index (χ0n) is 30.2. The zero-order chi connectivity index (χ0) is 36.0. The molecule has 1 spiro atoms. The molecule has 0 amide bonds. The van der Waals surface area contributed by atoms with Gasteiger partial charge in [-0.1, -0.05) is 6.92 Å². The Balaban J connectivity index is 1.47. The highest BCUT2D eigenvalue weighted by molar-refractivity contribution is 5.89. The average molecular weight is 702 g/mol. The summed E-state index contributed by atoms with van der Waals surface area (Å²) in [7, 11) is 8.09. The molecule has 13 nitrogen and oxygen atoms in total. The van der Waals surface area contributed by atoms with Crippen LogP contribution in [0.15, 0.2) is 24.3 Å². The number of rotatable bonds is 11. The molecule has 1 aromatic rings. The fourth-order valence-corrected chi connectivity index (χ4v) is 12.7. The summed E-state index contributed by atoms with van der Waals surface area (Å²) in [6.07, 6.45) is -2.57. The van der Waals surface area contributed by atoms with E-state index in [1.807, 2.05) is 0 Å². The van der Waals surface area contributed by atoms with E-state index in [4.69, 9.17) is 37.9 Å². The van der Waals surface area contributed by atoms with E-state index in [0.717, 1.165) is 0 Å². The molecule has 0 unspecified atom stereocenters. The van der Waals surface area contributed by atoms with E-state index >= 15 is 0 Å². The number of aliphatic hydroxyl groups is 1. The van der Waals surface area contributed by atoms with Crippen LogP contribution in [0.2, 0.25) is 0 Å². The number of carbonyl (C=O) groups is 3. The Morgan fingerprint density at radius 1 is 0.880 bits per heavy atom. The maximum Gasteiger partial charge on any atom is 0.338 e. The van der Waals surface area contributed by atoms with Crippen LogP contribution < -0.4 is 4.74 Å². The van der Waals surface area contributed by atoms with Crippen molar-refractivity contribution in [2.24, 2.45) is 34.5 Å². The summed E-state index contributed by atoms with van der Waals surface area (Å²) in [5.41, 5.74) is -4.02. The number of nitrogens with zero attached hydrogens (tertiary/aromatic N) is 1. The molecular weight excluding hydrogens is 650 g/mol. The van der Waals surface area contributed by atoms with Crippen molar-refractivity contribution in [1.82, 2.24) is 4.90 Å². The van der Waals surface area contributed by atoms with Crippen LogP contribution in [0, 0.1) is 34.5 Å². The number of esters is 3. The Kier molecular flexibility index (Phi) is 8.83. The summed E-state index contributed by atoms with van der Waals surface area (Å²) in [4.78, 5) is 42.2. The summed E-state index contributed by atoms with van der Waals surface area (Å²) in [6, 6.07) is 6.38. The highest BCUT2D eigenvalue weighted by Crippen LogP contribution is 2.80. The van der Waals surface area contributed by atoms with E-state index < -0.39 is 82.3 Å². The number of likely N-dealkylation sites (tertiary alicyclic amines) is 1. The Hall–Kier alpha value is -2.81. The van der Waals surface area contributed by atoms with Gasteiger partial charge in [-0.2, -0.15) is 0 Å². The Morgan fingerprint density at radius 2 is 1.58 bits per heavy atom. The van der Waals surface area contributed by atoms with Crippen LogP contribution in [0.5, 0.6) is 5.75 Å². The van der Waals surface area contributed by atoms with Gasteiger partial charge in [0, 0.05) is 96.3 Å². The van der Waals surface area contributed by atoms with E-state index in [-0.39, 0.29) is 37.3 Å². The monoisotopic (exact) mass is 701 g/mol. The van der Waals surface area contributed by atoms with E-state index in [1.165, 1.54) is 21.0 Å². The van der Waals surface area contributed by atoms with Gasteiger partial charge in [-0.3, -0.25) is 14.5 Å². The average Bonchev–Trinajstić information content (AvgIpc) is 3.48. The first-order valence-corrected chi connectivity index (χ1v) is 17.6. The molecule has 1 N–H and O–H groups in total. The van der Waals surface area contributed by atoms with Gasteiger partial charge >= 0.3 is 17.9 Å². The third-order valence-electron chi connectivity index (χ3n) is 13.7. The molecule has 6 aliphatic rings. The van der Waals surface area contributed by atoms with Crippen molar-refractivity contribution in [2.45, 2.75) is 87.8 Å². The van der Waals surface area contributed by atoms with Crippen molar-refractivity contribution in [1.29, 1.82) is 0 Å². The van der Waals surface area contributed by atoms with Crippen LogP contribution in [-0.2, 0) is 42.7 Å². The van der Waals surface area contributed by atoms with Gasteiger partial charge in [0.1, 0.15) is 18.0 Å². The Bertz CT molecular complexity index is 1510. The van der Waals surface area contributed by atoms with Crippen LogP contribution in [0.3, 0.4) is 0 Å². The Morgan fingerprint density at radius 3 is 2.14 bits per heavy atom. The summed E-state index contributed by atoms with van der Waals surface area (Å²) < 4.78 is 49.5. The van der Waals surface area contributed by atoms with Crippen molar-refractivity contribution < 1.29 is 57.4 Å². The number of piperidine rings is 1. The van der Waals surface area contributed by atoms with Crippen molar-refractivity contribution in [3.8, 4) is 5.75 Å². The first-order chi connectivity index (χ1) is 23.9. The topological polar surface area (TPSA) is 149 Å². The van der Waals surface area contributed by atoms with Crippen molar-refractivity contribution >= 4 is 17.9 Å². The lowest BCUT2D eigenvalue weighted by Crippen LogP contribution is -2.79. The second kappa shape index (κ2) is 12.4. The summed E-state index contributed by atoms with van der Waals surface area (Å²) in [5.74, 6) is -2.80. The number of carbonyl (C=O) groups excluding carboxylic acids is 3. The van der Waals surface area contributed by atoms with Gasteiger partial charge in [-0.15, -0.1) is 0 Å². The van der Waals surface area contributed by atoms with E-state index in [1.54, 1.807) is 52.7 Å². The molecular formula is C37H51NO12. The van der Waals surface area contributed by atoms with E-state index in [9.17, 15) is 19.5 Å². The van der Waals surface area contributed by atoms with Gasteiger partial charge in [-0.25, -0.2) is 4.79 Å². The number of methoxy groups -OCH3 is 5. The normalized spacial score (nSPS) is 45.1. The van der Waals surface area contributed by atoms with Gasteiger partial charge < -0.3 is 43.0 Å². The lowest BCUT2D eigenvalue weighted by molar-refractivity contribution is -0.300. The molecule has 1 aromatic carbocycles. The minimum atomic E-state index is -1.48. The van der Waals surface area contributed by atoms with Gasteiger partial charge in [0.05, 0.1) is 37.1 Å². The molecule has 276 valence electrons. The van der Waals surface area contributed by atoms with Crippen LogP contribution in [-0.4, -0.2) is 131 Å². The highest BCUT2D eigenvalue weighted by Gasteiger charge is 2.90. The van der Waals surface area contributed by atoms with Gasteiger partial charge in [-0.05, 0) is 43.1 Å². The molecule has 14 atom stereocenters. The number of benzene rings is 1. The SMILES string of the molecule is CCN1C[C@@]2(COC)[C@H]3[C@@H](OC)[C@H]4[C@H]1[C@]3([C@@H](OC)C[C@H]2OC(C)=O)[C@@H]1C[C@]2(OC(C)=O)[C@@H](OC)C[C@@]4(O)[C@H]1[C@H]2OC(=O)c1ccc(OC)cc1. The van der Waals surface area contributed by atoms with Gasteiger partial charge in [0.2, 0.25) is 0 Å². The Labute approximate surface area is 293 Å². The summed E-state index contributed by atoms with van der Waals surface area (Å²) in [5, 5.41) is 13.5. The minimum Gasteiger partial charge on any atom is -0.497 e. The van der Waals surface area contributed by atoms with Crippen LogP contribution >= 0.6 is 0 Å². The molecule has 7 rings (SSSR count). The molecule has 1 heterocycles. The van der Waals surface area contributed by atoms with Crippen molar-refractivity contribution in [2.75, 3.05) is 55.2 Å². The zero-order valence-corrected chi connectivity index (χ0v) is 30.2. The second-order valence-corrected chi connectivity index (χ2v) is 15.3. The van der Waals surface area contributed by atoms with Crippen molar-refractivity contribution in [3.05, 3.63) is 29.8 Å². The van der Waals surface area contributed by atoms with Gasteiger partial charge in [0.25, 0.3) is 0 Å². The number of hydrogen-bond acceptors (Lipinski definition) is 13.